The number of anilines is 1. The van der Waals surface area contributed by atoms with Gasteiger partial charge in [-0.2, -0.15) is 0 Å². The number of carbonyl (C=O) groups excluding carboxylic acids is 1. The number of furan rings is 1. The third kappa shape index (κ3) is 2.50. The van der Waals surface area contributed by atoms with Crippen molar-refractivity contribution >= 4 is 33.1 Å². The Balaban J connectivity index is 1.91. The topological polar surface area (TPSA) is 81.2 Å². The van der Waals surface area contributed by atoms with Crippen molar-refractivity contribution in [2.24, 2.45) is 0 Å². The van der Waals surface area contributed by atoms with Crippen molar-refractivity contribution in [2.45, 2.75) is 20.4 Å². The molecule has 0 bridgehead atoms. The first kappa shape index (κ1) is 13.6. The molecule has 0 spiro atoms. The molecule has 0 aliphatic carbocycles. The fourth-order valence-electron chi connectivity index (χ4n) is 2.29. The number of amides is 1. The first-order valence-corrected chi connectivity index (χ1v) is 7.33. The van der Waals surface area contributed by atoms with Crippen LogP contribution in [0.2, 0.25) is 0 Å². The largest absolute Gasteiger partial charge is 0.472 e. The first-order chi connectivity index (χ1) is 10.1. The second-order valence-corrected chi connectivity index (χ2v) is 5.92. The van der Waals surface area contributed by atoms with E-state index in [1.54, 1.807) is 12.5 Å². The number of fused-ring (bicyclic) bond motifs is 1. The number of nitrogens with two attached hydrogens (primary N) is 1. The van der Waals surface area contributed by atoms with Crippen LogP contribution in [0.3, 0.4) is 0 Å². The molecule has 0 aliphatic rings. The van der Waals surface area contributed by atoms with Gasteiger partial charge in [0.25, 0.3) is 5.91 Å². The molecular weight excluding hydrogens is 286 g/mol. The minimum Gasteiger partial charge on any atom is -0.472 e. The predicted octanol–water partition coefficient (Wildman–Crippen LogP) is 3.02. The van der Waals surface area contributed by atoms with Crippen LogP contribution in [0.5, 0.6) is 0 Å². The molecule has 21 heavy (non-hydrogen) atoms. The molecule has 3 heterocycles. The van der Waals surface area contributed by atoms with Crippen LogP contribution in [0.25, 0.3) is 10.2 Å². The zero-order chi connectivity index (χ0) is 15.0. The third-order valence-electron chi connectivity index (χ3n) is 3.26. The molecule has 3 N–H and O–H groups in total. The van der Waals surface area contributed by atoms with Crippen LogP contribution in [0.15, 0.2) is 29.1 Å². The van der Waals surface area contributed by atoms with Crippen LogP contribution in [-0.2, 0) is 6.54 Å². The number of aromatic nitrogens is 1. The Morgan fingerprint density at radius 3 is 3.00 bits per heavy atom. The number of pyridine rings is 1. The maximum atomic E-state index is 12.3. The quantitative estimate of drug-likeness (QED) is 0.779. The Bertz CT molecular complexity index is 806. The van der Waals surface area contributed by atoms with Crippen molar-refractivity contribution in [2.75, 3.05) is 5.73 Å². The second-order valence-electron chi connectivity index (χ2n) is 4.92. The molecule has 6 heteroatoms. The van der Waals surface area contributed by atoms with E-state index in [0.29, 0.717) is 17.1 Å². The minimum atomic E-state index is -0.186. The number of thiophene rings is 1. The van der Waals surface area contributed by atoms with Crippen molar-refractivity contribution in [1.82, 2.24) is 10.3 Å². The molecule has 0 saturated heterocycles. The SMILES string of the molecule is Cc1cc(C)c2c(N)c(C(=O)NCc3ccoc3)sc2n1. The van der Waals surface area contributed by atoms with E-state index in [9.17, 15) is 4.79 Å². The monoisotopic (exact) mass is 301 g/mol. The van der Waals surface area contributed by atoms with Crippen molar-refractivity contribution in [3.63, 3.8) is 0 Å². The minimum absolute atomic E-state index is 0.186. The Morgan fingerprint density at radius 2 is 2.29 bits per heavy atom. The second kappa shape index (κ2) is 5.21. The van der Waals surface area contributed by atoms with Gasteiger partial charge < -0.3 is 15.5 Å². The molecule has 0 aliphatic heterocycles. The van der Waals surface area contributed by atoms with Gasteiger partial charge in [-0.1, -0.05) is 0 Å². The Labute approximate surface area is 125 Å². The number of carbonyl (C=O) groups is 1. The highest BCUT2D eigenvalue weighted by atomic mass is 32.1. The predicted molar refractivity (Wildman–Crippen MR) is 83.4 cm³/mol. The van der Waals surface area contributed by atoms with E-state index in [2.05, 4.69) is 10.3 Å². The van der Waals surface area contributed by atoms with Gasteiger partial charge in [0, 0.05) is 23.2 Å². The van der Waals surface area contributed by atoms with Gasteiger partial charge in [-0.25, -0.2) is 4.98 Å². The number of nitrogen functional groups attached to an aromatic ring is 1. The van der Waals surface area contributed by atoms with Gasteiger partial charge >= 0.3 is 0 Å². The lowest BCUT2D eigenvalue weighted by Crippen LogP contribution is -2.22. The molecular formula is C15H15N3O2S. The van der Waals surface area contributed by atoms with Crippen molar-refractivity contribution in [3.8, 4) is 0 Å². The van der Waals surface area contributed by atoms with Crippen molar-refractivity contribution in [1.29, 1.82) is 0 Å². The molecule has 0 unspecified atom stereocenters. The lowest BCUT2D eigenvalue weighted by molar-refractivity contribution is 0.0956. The number of nitrogens with one attached hydrogen (secondary N) is 1. The summed E-state index contributed by atoms with van der Waals surface area (Å²) in [5, 5.41) is 3.72. The van der Waals surface area contributed by atoms with Crippen molar-refractivity contribution in [3.05, 3.63) is 46.4 Å². The molecule has 3 aromatic heterocycles. The van der Waals surface area contributed by atoms with Crippen molar-refractivity contribution < 1.29 is 9.21 Å². The molecule has 3 rings (SSSR count). The number of rotatable bonds is 3. The van der Waals surface area contributed by atoms with E-state index in [4.69, 9.17) is 10.2 Å². The summed E-state index contributed by atoms with van der Waals surface area (Å²) >= 11 is 1.33. The number of nitrogens with zero attached hydrogens (tertiary/aromatic N) is 1. The number of aryl methyl sites for hydroxylation is 2. The van der Waals surface area contributed by atoms with Gasteiger partial charge in [0.2, 0.25) is 0 Å². The van der Waals surface area contributed by atoms with Gasteiger partial charge in [-0.15, -0.1) is 11.3 Å². The van der Waals surface area contributed by atoms with Crippen LogP contribution < -0.4 is 11.1 Å². The normalized spacial score (nSPS) is 11.0. The maximum Gasteiger partial charge on any atom is 0.263 e. The number of hydrogen-bond donors (Lipinski definition) is 2. The molecule has 0 atom stereocenters. The van der Waals surface area contributed by atoms with Gasteiger partial charge in [-0.3, -0.25) is 4.79 Å². The summed E-state index contributed by atoms with van der Waals surface area (Å²) < 4.78 is 4.97. The van der Waals surface area contributed by atoms with Crippen LogP contribution in [0.1, 0.15) is 26.5 Å². The zero-order valence-corrected chi connectivity index (χ0v) is 12.6. The van der Waals surface area contributed by atoms with Gasteiger partial charge in [-0.05, 0) is 31.5 Å². The van der Waals surface area contributed by atoms with Gasteiger partial charge in [0.15, 0.2) is 0 Å². The molecule has 1 amide bonds. The van der Waals surface area contributed by atoms with Gasteiger partial charge in [0.1, 0.15) is 9.71 Å². The fourth-order valence-corrected chi connectivity index (χ4v) is 3.43. The highest BCUT2D eigenvalue weighted by Crippen LogP contribution is 2.34. The smallest absolute Gasteiger partial charge is 0.263 e. The maximum absolute atomic E-state index is 12.3. The van der Waals surface area contributed by atoms with E-state index >= 15 is 0 Å². The van der Waals surface area contributed by atoms with Crippen LogP contribution in [0, 0.1) is 13.8 Å². The molecule has 0 saturated carbocycles. The molecule has 0 aromatic carbocycles. The van der Waals surface area contributed by atoms with E-state index in [1.807, 2.05) is 26.0 Å². The Morgan fingerprint density at radius 1 is 1.48 bits per heavy atom. The van der Waals surface area contributed by atoms with E-state index in [-0.39, 0.29) is 5.91 Å². The molecule has 0 radical (unpaired) electrons. The summed E-state index contributed by atoms with van der Waals surface area (Å²) in [6.45, 7) is 4.32. The zero-order valence-electron chi connectivity index (χ0n) is 11.8. The first-order valence-electron chi connectivity index (χ1n) is 6.51. The fraction of sp³-hybridized carbons (Fsp3) is 0.200. The summed E-state index contributed by atoms with van der Waals surface area (Å²) in [6, 6.07) is 3.78. The average Bonchev–Trinajstić information content (AvgIpc) is 3.04. The summed E-state index contributed by atoms with van der Waals surface area (Å²) in [4.78, 5) is 18.1. The third-order valence-corrected chi connectivity index (χ3v) is 4.36. The summed E-state index contributed by atoms with van der Waals surface area (Å²) in [7, 11) is 0. The van der Waals surface area contributed by atoms with Crippen LogP contribution in [-0.4, -0.2) is 10.9 Å². The van der Waals surface area contributed by atoms with Crippen LogP contribution >= 0.6 is 11.3 Å². The van der Waals surface area contributed by atoms with Crippen LogP contribution in [0.4, 0.5) is 5.69 Å². The molecule has 5 nitrogen and oxygen atoms in total. The summed E-state index contributed by atoms with van der Waals surface area (Å²) in [6.07, 6.45) is 3.18. The molecule has 0 fully saturated rings. The standard InChI is InChI=1S/C15H15N3O2S/c1-8-5-9(2)18-15-11(8)12(16)13(21-15)14(19)17-6-10-3-4-20-7-10/h3-5,7H,6,16H2,1-2H3,(H,17,19). The highest BCUT2D eigenvalue weighted by molar-refractivity contribution is 7.21. The van der Waals surface area contributed by atoms with E-state index < -0.39 is 0 Å². The highest BCUT2D eigenvalue weighted by Gasteiger charge is 2.18. The Kier molecular flexibility index (Phi) is 3.39. The average molecular weight is 301 g/mol. The lowest BCUT2D eigenvalue weighted by Gasteiger charge is -2.02. The summed E-state index contributed by atoms with van der Waals surface area (Å²) in [5.74, 6) is -0.186. The molecule has 108 valence electrons. The number of hydrogen-bond acceptors (Lipinski definition) is 5. The van der Waals surface area contributed by atoms with Gasteiger partial charge in [0.05, 0.1) is 18.2 Å². The van der Waals surface area contributed by atoms with E-state index in [0.717, 1.165) is 27.0 Å². The summed E-state index contributed by atoms with van der Waals surface area (Å²) in [5.41, 5.74) is 9.51. The van der Waals surface area contributed by atoms with E-state index in [1.165, 1.54) is 11.3 Å². The molecule has 3 aromatic rings. The Hall–Kier alpha value is -2.34. The lowest BCUT2D eigenvalue weighted by atomic mass is 10.1.